The molecule has 0 bridgehead atoms. The molecule has 1 aromatic carbocycles. The second-order valence-electron chi connectivity index (χ2n) is 6.51. The number of unbranched alkanes of at least 4 members (excludes halogenated alkanes) is 1. The van der Waals surface area contributed by atoms with Crippen molar-refractivity contribution in [2.75, 3.05) is 13.2 Å². The fourth-order valence-electron chi connectivity index (χ4n) is 3.47. The van der Waals surface area contributed by atoms with Gasteiger partial charge in [0, 0.05) is 5.54 Å². The smallest absolute Gasteiger partial charge is 0.0613 e. The molecule has 0 spiro atoms. The van der Waals surface area contributed by atoms with Gasteiger partial charge in [-0.05, 0) is 50.1 Å². The highest BCUT2D eigenvalue weighted by Gasteiger charge is 2.33. The van der Waals surface area contributed by atoms with Crippen molar-refractivity contribution < 1.29 is 5.11 Å². The third kappa shape index (κ3) is 4.60. The fraction of sp³-hybridized carbons (Fsp3) is 0.667. The Bertz CT molecular complexity index is 378. The minimum Gasteiger partial charge on any atom is -0.394 e. The molecular weight excluding hydrogens is 246 g/mol. The van der Waals surface area contributed by atoms with Crippen LogP contribution in [0.4, 0.5) is 0 Å². The zero-order valence-electron chi connectivity index (χ0n) is 12.8. The van der Waals surface area contributed by atoms with E-state index in [1.54, 1.807) is 0 Å². The van der Waals surface area contributed by atoms with Crippen molar-refractivity contribution in [3.05, 3.63) is 35.9 Å². The Hall–Kier alpha value is -0.860. The van der Waals surface area contributed by atoms with Crippen molar-refractivity contribution in [2.24, 2.45) is 5.92 Å². The minimum atomic E-state index is 0.00438. The lowest BCUT2D eigenvalue weighted by molar-refractivity contribution is 0.0996. The third-order valence-electron chi connectivity index (χ3n) is 4.63. The summed E-state index contributed by atoms with van der Waals surface area (Å²) in [4.78, 5) is 0. The monoisotopic (exact) mass is 275 g/mol. The molecule has 1 aromatic rings. The Balaban J connectivity index is 1.66. The first-order chi connectivity index (χ1) is 9.74. The summed E-state index contributed by atoms with van der Waals surface area (Å²) in [7, 11) is 0. The molecule has 2 nitrogen and oxygen atoms in total. The molecule has 2 heteroatoms. The van der Waals surface area contributed by atoms with E-state index in [2.05, 4.69) is 42.6 Å². The highest BCUT2D eigenvalue weighted by Crippen LogP contribution is 2.31. The molecule has 1 saturated carbocycles. The Kier molecular flexibility index (Phi) is 6.06. The van der Waals surface area contributed by atoms with E-state index in [1.807, 2.05) is 0 Å². The summed E-state index contributed by atoms with van der Waals surface area (Å²) in [6, 6.07) is 10.7. The van der Waals surface area contributed by atoms with Gasteiger partial charge in [0.1, 0.15) is 0 Å². The van der Waals surface area contributed by atoms with Crippen LogP contribution in [0.1, 0.15) is 51.0 Å². The summed E-state index contributed by atoms with van der Waals surface area (Å²) in [5.74, 6) is 0.743. The van der Waals surface area contributed by atoms with Crippen molar-refractivity contribution in [2.45, 2.75) is 57.4 Å². The molecule has 1 aliphatic rings. The molecule has 20 heavy (non-hydrogen) atoms. The number of aliphatic hydroxyl groups excluding tert-OH is 1. The summed E-state index contributed by atoms with van der Waals surface area (Å²) in [5.41, 5.74) is 1.43. The van der Waals surface area contributed by atoms with Crippen LogP contribution in [-0.2, 0) is 6.42 Å². The third-order valence-corrected chi connectivity index (χ3v) is 4.63. The van der Waals surface area contributed by atoms with Gasteiger partial charge in [0.25, 0.3) is 0 Å². The second kappa shape index (κ2) is 7.80. The molecule has 1 aliphatic carbocycles. The lowest BCUT2D eigenvalue weighted by Crippen LogP contribution is -2.51. The molecule has 2 atom stereocenters. The van der Waals surface area contributed by atoms with Gasteiger partial charge in [0.15, 0.2) is 0 Å². The normalized spacial score (nSPS) is 26.6. The number of hydrogen-bond donors (Lipinski definition) is 2. The van der Waals surface area contributed by atoms with Gasteiger partial charge < -0.3 is 10.4 Å². The zero-order valence-corrected chi connectivity index (χ0v) is 12.8. The van der Waals surface area contributed by atoms with Gasteiger partial charge >= 0.3 is 0 Å². The highest BCUT2D eigenvalue weighted by atomic mass is 16.3. The molecule has 2 rings (SSSR count). The number of nitrogens with one attached hydrogen (secondary N) is 1. The van der Waals surface area contributed by atoms with E-state index < -0.39 is 0 Å². The predicted molar refractivity (Wildman–Crippen MR) is 84.8 cm³/mol. The van der Waals surface area contributed by atoms with Gasteiger partial charge in [0.05, 0.1) is 6.61 Å². The van der Waals surface area contributed by atoms with E-state index in [0.717, 1.165) is 31.7 Å². The lowest BCUT2D eigenvalue weighted by Gasteiger charge is -2.39. The Morgan fingerprint density at radius 1 is 1.25 bits per heavy atom. The molecule has 2 N–H and O–H groups in total. The lowest BCUT2D eigenvalue weighted by atomic mass is 9.77. The van der Waals surface area contributed by atoms with E-state index in [0.29, 0.717) is 0 Å². The number of hydrogen-bond acceptors (Lipinski definition) is 2. The predicted octanol–water partition coefficient (Wildman–Crippen LogP) is 3.54. The van der Waals surface area contributed by atoms with Crippen LogP contribution in [0.2, 0.25) is 0 Å². The van der Waals surface area contributed by atoms with Gasteiger partial charge in [-0.15, -0.1) is 0 Å². The van der Waals surface area contributed by atoms with Crippen molar-refractivity contribution in [3.8, 4) is 0 Å². The van der Waals surface area contributed by atoms with Crippen LogP contribution < -0.4 is 5.32 Å². The Labute approximate surface area is 123 Å². The molecule has 0 aliphatic heterocycles. The second-order valence-corrected chi connectivity index (χ2v) is 6.51. The Morgan fingerprint density at radius 3 is 2.75 bits per heavy atom. The first-order valence-corrected chi connectivity index (χ1v) is 8.14. The fourth-order valence-corrected chi connectivity index (χ4v) is 3.47. The first-order valence-electron chi connectivity index (χ1n) is 8.14. The molecule has 0 radical (unpaired) electrons. The maximum absolute atomic E-state index is 9.73. The highest BCUT2D eigenvalue weighted by molar-refractivity contribution is 5.14. The van der Waals surface area contributed by atoms with Crippen molar-refractivity contribution in [1.82, 2.24) is 5.32 Å². The van der Waals surface area contributed by atoms with Gasteiger partial charge in [0.2, 0.25) is 0 Å². The molecule has 2 unspecified atom stereocenters. The minimum absolute atomic E-state index is 0.00438. The zero-order chi connectivity index (χ0) is 14.3. The maximum atomic E-state index is 9.73. The largest absolute Gasteiger partial charge is 0.394 e. The van der Waals surface area contributed by atoms with Crippen LogP contribution in [0.25, 0.3) is 0 Å². The quantitative estimate of drug-likeness (QED) is 0.746. The van der Waals surface area contributed by atoms with Gasteiger partial charge in [-0.1, -0.05) is 50.1 Å². The van der Waals surface area contributed by atoms with Gasteiger partial charge in [-0.2, -0.15) is 0 Å². The SMILES string of the molecule is CC1CCCC(CO)(NCCCCc2ccccc2)C1. The molecule has 0 saturated heterocycles. The molecule has 0 heterocycles. The van der Waals surface area contributed by atoms with Crippen molar-refractivity contribution in [1.29, 1.82) is 0 Å². The molecular formula is C18H29NO. The van der Waals surface area contributed by atoms with E-state index in [-0.39, 0.29) is 12.1 Å². The van der Waals surface area contributed by atoms with Gasteiger partial charge in [-0.3, -0.25) is 0 Å². The van der Waals surface area contributed by atoms with E-state index >= 15 is 0 Å². The molecule has 0 aromatic heterocycles. The maximum Gasteiger partial charge on any atom is 0.0613 e. The first kappa shape index (κ1) is 15.5. The number of benzene rings is 1. The summed E-state index contributed by atoms with van der Waals surface area (Å²) >= 11 is 0. The number of rotatable bonds is 7. The molecule has 0 amide bonds. The van der Waals surface area contributed by atoms with Crippen LogP contribution in [0.15, 0.2) is 30.3 Å². The van der Waals surface area contributed by atoms with Crippen LogP contribution >= 0.6 is 0 Å². The molecule has 1 fully saturated rings. The van der Waals surface area contributed by atoms with E-state index in [4.69, 9.17) is 0 Å². The van der Waals surface area contributed by atoms with Crippen LogP contribution in [-0.4, -0.2) is 23.8 Å². The topological polar surface area (TPSA) is 32.3 Å². The van der Waals surface area contributed by atoms with Crippen molar-refractivity contribution in [3.63, 3.8) is 0 Å². The molecule has 112 valence electrons. The van der Waals surface area contributed by atoms with E-state index in [1.165, 1.54) is 31.2 Å². The van der Waals surface area contributed by atoms with Crippen LogP contribution in [0.3, 0.4) is 0 Å². The number of aliphatic hydroxyl groups is 1. The van der Waals surface area contributed by atoms with Crippen molar-refractivity contribution >= 4 is 0 Å². The number of aryl methyl sites for hydroxylation is 1. The standard InChI is InChI=1S/C18H29NO/c1-16-8-7-12-18(14-16,15-20)19-13-6-5-11-17-9-3-2-4-10-17/h2-4,9-10,16,19-20H,5-8,11-15H2,1H3. The summed E-state index contributed by atoms with van der Waals surface area (Å²) in [6.07, 6.45) is 8.38. The average Bonchev–Trinajstić information content (AvgIpc) is 2.48. The Morgan fingerprint density at radius 2 is 2.05 bits per heavy atom. The summed E-state index contributed by atoms with van der Waals surface area (Å²) < 4.78 is 0. The van der Waals surface area contributed by atoms with E-state index in [9.17, 15) is 5.11 Å². The van der Waals surface area contributed by atoms with Crippen LogP contribution in [0.5, 0.6) is 0 Å². The average molecular weight is 275 g/mol. The summed E-state index contributed by atoms with van der Waals surface area (Å²) in [6.45, 7) is 3.62. The van der Waals surface area contributed by atoms with Gasteiger partial charge in [-0.25, -0.2) is 0 Å². The van der Waals surface area contributed by atoms with Crippen LogP contribution in [0, 0.1) is 5.92 Å². The summed E-state index contributed by atoms with van der Waals surface area (Å²) in [5, 5.41) is 13.4.